The van der Waals surface area contributed by atoms with E-state index in [4.69, 9.17) is 20.8 Å². The lowest BCUT2D eigenvalue weighted by molar-refractivity contribution is 0.0714. The summed E-state index contributed by atoms with van der Waals surface area (Å²) in [5.41, 5.74) is 1.37. The molecule has 1 aliphatic carbocycles. The second kappa shape index (κ2) is 9.07. The largest absolute Gasteiger partial charge is 0.486 e. The third kappa shape index (κ3) is 4.90. The highest BCUT2D eigenvalue weighted by Gasteiger charge is 2.34. The summed E-state index contributed by atoms with van der Waals surface area (Å²) >= 11 is 5.94. The van der Waals surface area contributed by atoms with Gasteiger partial charge in [-0.1, -0.05) is 11.6 Å². The molecular formula is C24H22ClN5O3. The molecule has 0 aliphatic heterocycles. The van der Waals surface area contributed by atoms with E-state index in [1.54, 1.807) is 47.5 Å². The van der Waals surface area contributed by atoms with E-state index in [0.717, 1.165) is 24.2 Å². The molecule has 8 nitrogen and oxygen atoms in total. The Kier molecular flexibility index (Phi) is 5.83. The maximum atomic E-state index is 13.2. The van der Waals surface area contributed by atoms with Crippen molar-refractivity contribution in [2.24, 2.45) is 7.05 Å². The number of hydrogen-bond donors (Lipinski definition) is 0. The molecule has 0 spiro atoms. The summed E-state index contributed by atoms with van der Waals surface area (Å²) in [4.78, 5) is 19.2. The number of carbonyl (C=O) groups is 1. The Bertz CT molecular complexity index is 1250. The molecule has 0 saturated heterocycles. The number of imidazole rings is 1. The first-order chi connectivity index (χ1) is 16.1. The Morgan fingerprint density at radius 3 is 2.58 bits per heavy atom. The summed E-state index contributed by atoms with van der Waals surface area (Å²) in [6.07, 6.45) is 5.53. The summed E-state index contributed by atoms with van der Waals surface area (Å²) < 4.78 is 13.5. The van der Waals surface area contributed by atoms with Crippen LogP contribution in [0.15, 0.2) is 65.3 Å². The predicted octanol–water partition coefficient (Wildman–Crippen LogP) is 4.51. The molecule has 0 unspecified atom stereocenters. The van der Waals surface area contributed by atoms with Crippen LogP contribution in [0.2, 0.25) is 5.02 Å². The molecule has 4 aromatic rings. The molecule has 2 aromatic heterocycles. The minimum absolute atomic E-state index is 0.0700. The van der Waals surface area contributed by atoms with Gasteiger partial charge in [0.1, 0.15) is 18.2 Å². The highest BCUT2D eigenvalue weighted by Crippen LogP contribution is 2.30. The molecule has 1 aliphatic rings. The van der Waals surface area contributed by atoms with E-state index in [1.165, 1.54) is 0 Å². The lowest BCUT2D eigenvalue weighted by Crippen LogP contribution is -2.32. The maximum absolute atomic E-state index is 13.2. The first-order valence-corrected chi connectivity index (χ1v) is 11.0. The van der Waals surface area contributed by atoms with Crippen molar-refractivity contribution in [2.75, 3.05) is 0 Å². The van der Waals surface area contributed by atoms with Crippen molar-refractivity contribution < 1.29 is 13.9 Å². The van der Waals surface area contributed by atoms with Crippen LogP contribution in [-0.2, 0) is 20.2 Å². The fraction of sp³-hybridized carbons (Fsp3) is 0.250. The number of hydrogen-bond acceptors (Lipinski definition) is 6. The Labute approximate surface area is 195 Å². The summed E-state index contributed by atoms with van der Waals surface area (Å²) in [5, 5.41) is 8.89. The third-order valence-corrected chi connectivity index (χ3v) is 5.75. The van der Waals surface area contributed by atoms with Gasteiger partial charge >= 0.3 is 0 Å². The fourth-order valence-corrected chi connectivity index (χ4v) is 3.59. The minimum atomic E-state index is -0.0700. The number of nitrogens with zero attached hydrogens (tertiary/aromatic N) is 5. The van der Waals surface area contributed by atoms with E-state index in [9.17, 15) is 4.79 Å². The number of carbonyl (C=O) groups excluding carboxylic acids is 1. The van der Waals surface area contributed by atoms with Gasteiger partial charge in [0, 0.05) is 41.6 Å². The Morgan fingerprint density at radius 1 is 1.15 bits per heavy atom. The quantitative estimate of drug-likeness (QED) is 0.382. The maximum Gasteiger partial charge on any atom is 0.254 e. The molecule has 2 aromatic carbocycles. The van der Waals surface area contributed by atoms with E-state index in [2.05, 4.69) is 15.2 Å². The Hall–Kier alpha value is -3.65. The van der Waals surface area contributed by atoms with Crippen LogP contribution in [-0.4, -0.2) is 36.6 Å². The van der Waals surface area contributed by atoms with Crippen molar-refractivity contribution in [3.8, 4) is 17.2 Å². The second-order valence-electron chi connectivity index (χ2n) is 7.94. The topological polar surface area (TPSA) is 86.3 Å². The van der Waals surface area contributed by atoms with Gasteiger partial charge < -0.3 is 18.6 Å². The van der Waals surface area contributed by atoms with E-state index >= 15 is 0 Å². The number of amides is 1. The van der Waals surface area contributed by atoms with E-state index in [1.807, 2.05) is 29.9 Å². The predicted molar refractivity (Wildman–Crippen MR) is 122 cm³/mol. The molecule has 1 saturated carbocycles. The zero-order chi connectivity index (χ0) is 22.8. The minimum Gasteiger partial charge on any atom is -0.486 e. The normalized spacial score (nSPS) is 13.2. The molecule has 0 atom stereocenters. The number of ether oxygens (including phenoxy) is 1. The number of halogens is 1. The molecule has 5 rings (SSSR count). The number of benzene rings is 2. The van der Waals surface area contributed by atoms with Crippen LogP contribution >= 0.6 is 11.6 Å². The average Bonchev–Trinajstić information content (AvgIpc) is 3.42. The van der Waals surface area contributed by atoms with Crippen molar-refractivity contribution >= 4 is 17.5 Å². The molecule has 33 heavy (non-hydrogen) atoms. The Morgan fingerprint density at radius 2 is 1.91 bits per heavy atom. The van der Waals surface area contributed by atoms with Crippen LogP contribution in [0.3, 0.4) is 0 Å². The van der Waals surface area contributed by atoms with Crippen molar-refractivity contribution in [3.05, 3.63) is 83.2 Å². The van der Waals surface area contributed by atoms with Gasteiger partial charge in [-0.15, -0.1) is 10.2 Å². The molecule has 0 radical (unpaired) electrons. The summed E-state index contributed by atoms with van der Waals surface area (Å²) in [6.45, 7) is 0.625. The molecule has 168 valence electrons. The number of aryl methyl sites for hydroxylation is 1. The van der Waals surface area contributed by atoms with Gasteiger partial charge in [0.2, 0.25) is 11.8 Å². The van der Waals surface area contributed by atoms with Gasteiger partial charge in [0.05, 0.1) is 6.54 Å². The standard InChI is InChI=1S/C24H22ClN5O3/c1-29-13-12-26-21(29)15-32-20-10-4-17(5-11-20)24(31)30(19-8-9-19)14-22-27-28-23(33-22)16-2-6-18(25)7-3-16/h2-7,10-13,19H,8-9,14-15H2,1H3. The van der Waals surface area contributed by atoms with E-state index in [0.29, 0.717) is 34.7 Å². The van der Waals surface area contributed by atoms with E-state index < -0.39 is 0 Å². The first kappa shape index (κ1) is 21.2. The smallest absolute Gasteiger partial charge is 0.254 e. The molecule has 0 N–H and O–H groups in total. The molecular weight excluding hydrogens is 442 g/mol. The van der Waals surface area contributed by atoms with E-state index in [-0.39, 0.29) is 18.5 Å². The second-order valence-corrected chi connectivity index (χ2v) is 8.38. The van der Waals surface area contributed by atoms with Crippen LogP contribution in [0.1, 0.15) is 34.9 Å². The van der Waals surface area contributed by atoms with Gasteiger partial charge in [-0.05, 0) is 61.4 Å². The monoisotopic (exact) mass is 463 g/mol. The molecule has 0 bridgehead atoms. The van der Waals surface area contributed by atoms with Crippen LogP contribution in [0.5, 0.6) is 5.75 Å². The van der Waals surface area contributed by atoms with Crippen LogP contribution in [0.4, 0.5) is 0 Å². The average molecular weight is 464 g/mol. The lowest BCUT2D eigenvalue weighted by Gasteiger charge is -2.20. The summed E-state index contributed by atoms with van der Waals surface area (Å²) in [7, 11) is 1.92. The van der Waals surface area contributed by atoms with Crippen molar-refractivity contribution in [1.82, 2.24) is 24.6 Å². The van der Waals surface area contributed by atoms with Crippen molar-refractivity contribution in [2.45, 2.75) is 32.0 Å². The Balaban J connectivity index is 1.25. The highest BCUT2D eigenvalue weighted by molar-refractivity contribution is 6.30. The summed E-state index contributed by atoms with van der Waals surface area (Å²) in [5.74, 6) is 2.23. The van der Waals surface area contributed by atoms with Crippen LogP contribution < -0.4 is 4.74 Å². The van der Waals surface area contributed by atoms with Crippen molar-refractivity contribution in [3.63, 3.8) is 0 Å². The molecule has 1 fully saturated rings. The number of rotatable bonds is 8. The molecule has 9 heteroatoms. The molecule has 1 amide bonds. The zero-order valence-corrected chi connectivity index (χ0v) is 18.8. The highest BCUT2D eigenvalue weighted by atomic mass is 35.5. The van der Waals surface area contributed by atoms with Crippen LogP contribution in [0.25, 0.3) is 11.5 Å². The molecule has 2 heterocycles. The number of aromatic nitrogens is 4. The first-order valence-electron chi connectivity index (χ1n) is 10.6. The van der Waals surface area contributed by atoms with Gasteiger partial charge in [0.15, 0.2) is 0 Å². The van der Waals surface area contributed by atoms with Gasteiger partial charge in [-0.25, -0.2) is 4.98 Å². The zero-order valence-electron chi connectivity index (χ0n) is 18.0. The summed E-state index contributed by atoms with van der Waals surface area (Å²) in [6, 6.07) is 14.5. The van der Waals surface area contributed by atoms with Crippen molar-refractivity contribution in [1.29, 1.82) is 0 Å². The van der Waals surface area contributed by atoms with Gasteiger partial charge in [-0.3, -0.25) is 4.79 Å². The van der Waals surface area contributed by atoms with Gasteiger partial charge in [0.25, 0.3) is 5.91 Å². The van der Waals surface area contributed by atoms with Gasteiger partial charge in [-0.2, -0.15) is 0 Å². The fourth-order valence-electron chi connectivity index (χ4n) is 3.47. The van der Waals surface area contributed by atoms with Crippen LogP contribution in [0, 0.1) is 0 Å². The lowest BCUT2D eigenvalue weighted by atomic mass is 10.2. The third-order valence-electron chi connectivity index (χ3n) is 5.50. The SMILES string of the molecule is Cn1ccnc1COc1ccc(C(=O)N(Cc2nnc(-c3ccc(Cl)cc3)o2)C2CC2)cc1.